The molecule has 1 aromatic carbocycles. The van der Waals surface area contributed by atoms with Crippen molar-refractivity contribution in [1.82, 2.24) is 5.32 Å². The standard InChI is InChI=1S/C14H20BrNO/c1-3-17-14-8-13(9-14)16-10(2)11-5-4-6-12(15)7-11/h4-7,10,13-14,16H,3,8-9H2,1-2H3/t10-,13?,14?/m0/s1. The van der Waals surface area contributed by atoms with Gasteiger partial charge in [0.15, 0.2) is 0 Å². The molecule has 0 aliphatic heterocycles. The van der Waals surface area contributed by atoms with E-state index in [0.717, 1.165) is 23.9 Å². The van der Waals surface area contributed by atoms with E-state index in [-0.39, 0.29) is 0 Å². The summed E-state index contributed by atoms with van der Waals surface area (Å²) in [5.41, 5.74) is 1.33. The van der Waals surface area contributed by atoms with E-state index >= 15 is 0 Å². The maximum absolute atomic E-state index is 5.57. The normalized spacial score (nSPS) is 25.4. The average Bonchev–Trinajstić information content (AvgIpc) is 2.26. The van der Waals surface area contributed by atoms with Gasteiger partial charge in [-0.15, -0.1) is 0 Å². The minimum atomic E-state index is 0.403. The molecular formula is C14H20BrNO. The molecule has 2 rings (SSSR count). The van der Waals surface area contributed by atoms with Gasteiger partial charge in [0.2, 0.25) is 0 Å². The van der Waals surface area contributed by atoms with Gasteiger partial charge in [0.25, 0.3) is 0 Å². The summed E-state index contributed by atoms with van der Waals surface area (Å²) in [5, 5.41) is 3.65. The van der Waals surface area contributed by atoms with Crippen LogP contribution in [0.25, 0.3) is 0 Å². The van der Waals surface area contributed by atoms with Gasteiger partial charge in [-0.05, 0) is 44.4 Å². The van der Waals surface area contributed by atoms with Crippen LogP contribution in [-0.4, -0.2) is 18.8 Å². The topological polar surface area (TPSA) is 21.3 Å². The van der Waals surface area contributed by atoms with Crippen LogP contribution in [0.2, 0.25) is 0 Å². The summed E-state index contributed by atoms with van der Waals surface area (Å²) in [5.74, 6) is 0. The fourth-order valence-electron chi connectivity index (χ4n) is 2.30. The molecule has 3 heteroatoms. The molecule has 0 spiro atoms. The number of hydrogen-bond donors (Lipinski definition) is 1. The SMILES string of the molecule is CCOC1CC(N[C@@H](C)c2cccc(Br)c2)C1. The first-order chi connectivity index (χ1) is 8.19. The molecule has 1 aliphatic carbocycles. The Labute approximate surface area is 112 Å². The third-order valence-corrected chi connectivity index (χ3v) is 3.82. The van der Waals surface area contributed by atoms with Crippen molar-refractivity contribution >= 4 is 15.9 Å². The lowest BCUT2D eigenvalue weighted by atomic mass is 9.88. The fraction of sp³-hybridized carbons (Fsp3) is 0.571. The number of nitrogens with one attached hydrogen (secondary N) is 1. The van der Waals surface area contributed by atoms with E-state index in [0.29, 0.717) is 18.2 Å². The molecule has 17 heavy (non-hydrogen) atoms. The zero-order valence-electron chi connectivity index (χ0n) is 10.4. The van der Waals surface area contributed by atoms with Crippen LogP contribution in [0.3, 0.4) is 0 Å². The van der Waals surface area contributed by atoms with Crippen molar-refractivity contribution in [2.45, 2.75) is 44.9 Å². The van der Waals surface area contributed by atoms with E-state index in [1.54, 1.807) is 0 Å². The van der Waals surface area contributed by atoms with Crippen LogP contribution in [0.15, 0.2) is 28.7 Å². The monoisotopic (exact) mass is 297 g/mol. The van der Waals surface area contributed by atoms with Gasteiger partial charge >= 0.3 is 0 Å². The lowest BCUT2D eigenvalue weighted by Crippen LogP contribution is -2.46. The first-order valence-electron chi connectivity index (χ1n) is 6.32. The first kappa shape index (κ1) is 13.1. The third kappa shape index (κ3) is 3.54. The molecule has 1 atom stereocenters. The Morgan fingerprint density at radius 1 is 1.47 bits per heavy atom. The molecule has 1 aliphatic rings. The predicted octanol–water partition coefficient (Wildman–Crippen LogP) is 3.67. The lowest BCUT2D eigenvalue weighted by molar-refractivity contribution is -0.0120. The molecule has 2 nitrogen and oxygen atoms in total. The van der Waals surface area contributed by atoms with Crippen molar-refractivity contribution in [2.24, 2.45) is 0 Å². The molecule has 0 saturated heterocycles. The quantitative estimate of drug-likeness (QED) is 0.895. The second-order valence-corrected chi connectivity index (χ2v) is 5.60. The average molecular weight is 298 g/mol. The molecule has 1 fully saturated rings. The first-order valence-corrected chi connectivity index (χ1v) is 7.11. The molecule has 1 N–H and O–H groups in total. The summed E-state index contributed by atoms with van der Waals surface area (Å²) in [7, 11) is 0. The van der Waals surface area contributed by atoms with Crippen molar-refractivity contribution in [3.05, 3.63) is 34.3 Å². The molecule has 0 amide bonds. The molecule has 94 valence electrons. The van der Waals surface area contributed by atoms with Gasteiger partial charge in [-0.1, -0.05) is 28.1 Å². The third-order valence-electron chi connectivity index (χ3n) is 3.33. The number of hydrogen-bond acceptors (Lipinski definition) is 2. The number of rotatable bonds is 5. The number of ether oxygens (including phenoxy) is 1. The highest BCUT2D eigenvalue weighted by atomic mass is 79.9. The van der Waals surface area contributed by atoms with Crippen molar-refractivity contribution in [1.29, 1.82) is 0 Å². The van der Waals surface area contributed by atoms with Crippen LogP contribution >= 0.6 is 15.9 Å². The van der Waals surface area contributed by atoms with E-state index in [9.17, 15) is 0 Å². The van der Waals surface area contributed by atoms with E-state index in [2.05, 4.69) is 59.4 Å². The van der Waals surface area contributed by atoms with E-state index < -0.39 is 0 Å². The highest BCUT2D eigenvalue weighted by molar-refractivity contribution is 9.10. The Morgan fingerprint density at radius 3 is 2.88 bits per heavy atom. The van der Waals surface area contributed by atoms with Crippen molar-refractivity contribution in [3.63, 3.8) is 0 Å². The Kier molecular flexibility index (Phi) is 4.60. The van der Waals surface area contributed by atoms with Gasteiger partial charge in [0.05, 0.1) is 6.10 Å². The molecule has 0 radical (unpaired) electrons. The van der Waals surface area contributed by atoms with Crippen LogP contribution in [0.4, 0.5) is 0 Å². The molecule has 1 aromatic rings. The van der Waals surface area contributed by atoms with E-state index in [4.69, 9.17) is 4.74 Å². The summed E-state index contributed by atoms with van der Waals surface area (Å²) in [6.45, 7) is 5.11. The van der Waals surface area contributed by atoms with Crippen LogP contribution < -0.4 is 5.32 Å². The largest absolute Gasteiger partial charge is 0.378 e. The summed E-state index contributed by atoms with van der Waals surface area (Å²) < 4.78 is 6.71. The van der Waals surface area contributed by atoms with Crippen molar-refractivity contribution < 1.29 is 4.74 Å². The van der Waals surface area contributed by atoms with Gasteiger partial charge in [-0.3, -0.25) is 0 Å². The summed E-state index contributed by atoms with van der Waals surface area (Å²) in [6.07, 6.45) is 2.77. The maximum Gasteiger partial charge on any atom is 0.0604 e. The van der Waals surface area contributed by atoms with Gasteiger partial charge < -0.3 is 10.1 Å². The van der Waals surface area contributed by atoms with Gasteiger partial charge in [-0.2, -0.15) is 0 Å². The zero-order valence-corrected chi connectivity index (χ0v) is 12.0. The minimum Gasteiger partial charge on any atom is -0.378 e. The maximum atomic E-state index is 5.57. The van der Waals surface area contributed by atoms with E-state index in [1.165, 1.54) is 5.56 Å². The Morgan fingerprint density at radius 2 is 2.24 bits per heavy atom. The van der Waals surface area contributed by atoms with Crippen LogP contribution in [0.1, 0.15) is 38.3 Å². The lowest BCUT2D eigenvalue weighted by Gasteiger charge is -2.37. The van der Waals surface area contributed by atoms with E-state index in [1.807, 2.05) is 0 Å². The summed E-state index contributed by atoms with van der Waals surface area (Å²) in [4.78, 5) is 0. The number of benzene rings is 1. The molecule has 1 saturated carbocycles. The molecule has 0 bridgehead atoms. The summed E-state index contributed by atoms with van der Waals surface area (Å²) >= 11 is 3.51. The number of halogens is 1. The smallest absolute Gasteiger partial charge is 0.0604 e. The second-order valence-electron chi connectivity index (χ2n) is 4.69. The van der Waals surface area contributed by atoms with Gasteiger partial charge in [-0.25, -0.2) is 0 Å². The molecular weight excluding hydrogens is 278 g/mol. The van der Waals surface area contributed by atoms with Crippen LogP contribution in [0.5, 0.6) is 0 Å². The molecule has 0 heterocycles. The Balaban J connectivity index is 1.80. The van der Waals surface area contributed by atoms with Gasteiger partial charge in [0, 0.05) is 23.2 Å². The van der Waals surface area contributed by atoms with Crippen LogP contribution in [-0.2, 0) is 4.74 Å². The minimum absolute atomic E-state index is 0.403. The Hall–Kier alpha value is -0.380. The van der Waals surface area contributed by atoms with Crippen molar-refractivity contribution in [3.8, 4) is 0 Å². The molecule has 0 aromatic heterocycles. The highest BCUT2D eigenvalue weighted by Gasteiger charge is 2.30. The fourth-order valence-corrected chi connectivity index (χ4v) is 2.72. The molecule has 0 unspecified atom stereocenters. The van der Waals surface area contributed by atoms with Crippen molar-refractivity contribution in [2.75, 3.05) is 6.61 Å². The van der Waals surface area contributed by atoms with Gasteiger partial charge in [0.1, 0.15) is 0 Å². The van der Waals surface area contributed by atoms with Crippen LogP contribution in [0, 0.1) is 0 Å². The predicted molar refractivity (Wildman–Crippen MR) is 74.1 cm³/mol. The summed E-state index contributed by atoms with van der Waals surface area (Å²) in [6, 6.07) is 9.50. The Bertz CT molecular complexity index is 363. The zero-order chi connectivity index (χ0) is 12.3. The highest BCUT2D eigenvalue weighted by Crippen LogP contribution is 2.26. The second kappa shape index (κ2) is 5.98.